The van der Waals surface area contributed by atoms with Crippen LogP contribution in [0.3, 0.4) is 0 Å². The number of rotatable bonds is 5. The van der Waals surface area contributed by atoms with Crippen molar-refractivity contribution in [1.82, 2.24) is 10.9 Å². The fraction of sp³-hybridized carbons (Fsp3) is 0.0909. The highest BCUT2D eigenvalue weighted by atomic mass is 32.2. The Morgan fingerprint density at radius 2 is 1.30 bits per heavy atom. The lowest BCUT2D eigenvalue weighted by molar-refractivity contribution is 0.0846. The molecule has 0 bridgehead atoms. The van der Waals surface area contributed by atoms with Gasteiger partial charge in [-0.15, -0.1) is 0 Å². The summed E-state index contributed by atoms with van der Waals surface area (Å²) in [5.74, 6) is -0.968. The predicted octanol–water partition coefficient (Wildman–Crippen LogP) is 3.18. The molecule has 0 aliphatic rings. The number of benzene rings is 3. The fourth-order valence-electron chi connectivity index (χ4n) is 2.74. The van der Waals surface area contributed by atoms with Crippen LogP contribution in [-0.2, 0) is 10.0 Å². The summed E-state index contributed by atoms with van der Waals surface area (Å²) in [6, 6.07) is 19.6. The minimum Gasteiger partial charge on any atom is -0.280 e. The molecule has 3 rings (SSSR count). The lowest BCUT2D eigenvalue weighted by Gasteiger charge is -2.12. The maximum atomic E-state index is 12.7. The molecule has 8 heteroatoms. The number of carbonyl (C=O) groups excluding carboxylic acids is 2. The smallest absolute Gasteiger partial charge is 0.269 e. The van der Waals surface area contributed by atoms with E-state index in [1.807, 2.05) is 13.0 Å². The molecule has 2 amide bonds. The van der Waals surface area contributed by atoms with Gasteiger partial charge in [-0.05, 0) is 67.4 Å². The van der Waals surface area contributed by atoms with Crippen LogP contribution in [0.5, 0.6) is 0 Å². The van der Waals surface area contributed by atoms with Crippen molar-refractivity contribution in [2.75, 3.05) is 4.72 Å². The van der Waals surface area contributed by atoms with Crippen LogP contribution in [0.2, 0.25) is 0 Å². The van der Waals surface area contributed by atoms with Gasteiger partial charge >= 0.3 is 0 Å². The van der Waals surface area contributed by atoms with Crippen molar-refractivity contribution in [2.24, 2.45) is 0 Å². The third-order valence-electron chi connectivity index (χ3n) is 4.36. The third-order valence-corrected chi connectivity index (χ3v) is 5.88. The zero-order valence-corrected chi connectivity index (χ0v) is 17.3. The van der Waals surface area contributed by atoms with Crippen molar-refractivity contribution in [3.8, 4) is 0 Å². The molecule has 0 aromatic heterocycles. The number of carbonyl (C=O) groups is 2. The summed E-state index contributed by atoms with van der Waals surface area (Å²) in [6.07, 6.45) is 0. The Balaban J connectivity index is 1.65. The van der Waals surface area contributed by atoms with Gasteiger partial charge in [-0.2, -0.15) is 0 Å². The summed E-state index contributed by atoms with van der Waals surface area (Å²) < 4.78 is 27.8. The van der Waals surface area contributed by atoms with E-state index in [0.717, 1.165) is 5.56 Å². The Bertz CT molecular complexity index is 1170. The van der Waals surface area contributed by atoms with Crippen LogP contribution in [0.15, 0.2) is 77.7 Å². The van der Waals surface area contributed by atoms with E-state index in [0.29, 0.717) is 16.8 Å². The lowest BCUT2D eigenvalue weighted by Crippen LogP contribution is -2.41. The highest BCUT2D eigenvalue weighted by Crippen LogP contribution is 2.21. The first-order valence-corrected chi connectivity index (χ1v) is 10.6. The minimum atomic E-state index is -3.76. The fourth-order valence-corrected chi connectivity index (χ4v) is 4.13. The summed E-state index contributed by atoms with van der Waals surface area (Å²) in [6.45, 7) is 3.55. The van der Waals surface area contributed by atoms with Crippen LogP contribution in [0.25, 0.3) is 0 Å². The number of hydrazine groups is 1. The first kappa shape index (κ1) is 21.1. The molecule has 3 aromatic rings. The summed E-state index contributed by atoms with van der Waals surface area (Å²) in [4.78, 5) is 24.4. The van der Waals surface area contributed by atoms with Gasteiger partial charge < -0.3 is 0 Å². The molecule has 0 aliphatic heterocycles. The predicted molar refractivity (Wildman–Crippen MR) is 115 cm³/mol. The maximum Gasteiger partial charge on any atom is 0.269 e. The molecule has 0 spiro atoms. The first-order chi connectivity index (χ1) is 14.3. The van der Waals surface area contributed by atoms with E-state index in [1.54, 1.807) is 49.4 Å². The molecule has 7 nitrogen and oxygen atoms in total. The standard InChI is InChI=1S/C22H21N3O4S/c1-15-8-9-16(2)20(14-15)30(28,29)25-19-12-10-18(11-13-19)22(27)24-23-21(26)17-6-4-3-5-7-17/h3-14,25H,1-2H3,(H,23,26)(H,24,27). The molecule has 0 heterocycles. The van der Waals surface area contributed by atoms with Crippen molar-refractivity contribution in [2.45, 2.75) is 18.7 Å². The number of sulfonamides is 1. The Hall–Kier alpha value is -3.65. The number of hydrogen-bond acceptors (Lipinski definition) is 4. The van der Waals surface area contributed by atoms with E-state index >= 15 is 0 Å². The highest BCUT2D eigenvalue weighted by molar-refractivity contribution is 7.92. The molecule has 30 heavy (non-hydrogen) atoms. The molecule has 0 atom stereocenters. The Morgan fingerprint density at radius 3 is 1.90 bits per heavy atom. The number of anilines is 1. The summed E-state index contributed by atoms with van der Waals surface area (Å²) in [5, 5.41) is 0. The van der Waals surface area contributed by atoms with E-state index < -0.39 is 21.8 Å². The average molecular weight is 423 g/mol. The molecular formula is C22H21N3O4S. The Morgan fingerprint density at radius 1 is 0.733 bits per heavy atom. The number of nitrogens with one attached hydrogen (secondary N) is 3. The SMILES string of the molecule is Cc1ccc(C)c(S(=O)(=O)Nc2ccc(C(=O)NNC(=O)c3ccccc3)cc2)c1. The van der Waals surface area contributed by atoms with Crippen LogP contribution in [0.1, 0.15) is 31.8 Å². The van der Waals surface area contributed by atoms with Crippen LogP contribution in [-0.4, -0.2) is 20.2 Å². The maximum absolute atomic E-state index is 12.7. The summed E-state index contributed by atoms with van der Waals surface area (Å²) in [7, 11) is -3.76. The molecular weight excluding hydrogens is 402 g/mol. The monoisotopic (exact) mass is 423 g/mol. The average Bonchev–Trinajstić information content (AvgIpc) is 2.74. The number of aryl methyl sites for hydroxylation is 2. The van der Waals surface area contributed by atoms with Crippen LogP contribution in [0.4, 0.5) is 5.69 Å². The first-order valence-electron chi connectivity index (χ1n) is 9.12. The van der Waals surface area contributed by atoms with Gasteiger partial charge in [-0.1, -0.05) is 30.3 Å². The number of amides is 2. The van der Waals surface area contributed by atoms with E-state index in [2.05, 4.69) is 15.6 Å². The van der Waals surface area contributed by atoms with E-state index in [-0.39, 0.29) is 10.5 Å². The zero-order valence-electron chi connectivity index (χ0n) is 16.5. The number of hydrogen-bond donors (Lipinski definition) is 3. The molecule has 0 unspecified atom stereocenters. The van der Waals surface area contributed by atoms with Gasteiger partial charge in [0.2, 0.25) is 0 Å². The zero-order chi connectivity index (χ0) is 21.7. The van der Waals surface area contributed by atoms with Crippen LogP contribution in [0, 0.1) is 13.8 Å². The minimum absolute atomic E-state index is 0.202. The normalized spacial score (nSPS) is 10.9. The second kappa shape index (κ2) is 8.79. The Kier molecular flexibility index (Phi) is 6.17. The van der Waals surface area contributed by atoms with Crippen LogP contribution >= 0.6 is 0 Å². The van der Waals surface area contributed by atoms with E-state index in [4.69, 9.17) is 0 Å². The van der Waals surface area contributed by atoms with Gasteiger partial charge in [0.25, 0.3) is 21.8 Å². The van der Waals surface area contributed by atoms with Crippen molar-refractivity contribution >= 4 is 27.5 Å². The molecule has 0 saturated carbocycles. The van der Waals surface area contributed by atoms with Crippen molar-refractivity contribution in [1.29, 1.82) is 0 Å². The Labute approximate surface area is 175 Å². The van der Waals surface area contributed by atoms with Gasteiger partial charge in [-0.25, -0.2) is 8.42 Å². The molecule has 154 valence electrons. The molecule has 0 aliphatic carbocycles. The lowest BCUT2D eigenvalue weighted by atomic mass is 10.2. The summed E-state index contributed by atoms with van der Waals surface area (Å²) >= 11 is 0. The molecule has 3 N–H and O–H groups in total. The van der Waals surface area contributed by atoms with Crippen LogP contribution < -0.4 is 15.6 Å². The van der Waals surface area contributed by atoms with Crippen molar-refractivity contribution < 1.29 is 18.0 Å². The van der Waals surface area contributed by atoms with E-state index in [9.17, 15) is 18.0 Å². The molecule has 0 saturated heterocycles. The van der Waals surface area contributed by atoms with Gasteiger partial charge in [0.05, 0.1) is 4.90 Å². The summed E-state index contributed by atoms with van der Waals surface area (Å²) in [5.41, 5.74) is 7.13. The second-order valence-electron chi connectivity index (χ2n) is 6.73. The van der Waals surface area contributed by atoms with Gasteiger partial charge in [0.15, 0.2) is 0 Å². The molecule has 0 radical (unpaired) electrons. The topological polar surface area (TPSA) is 104 Å². The van der Waals surface area contributed by atoms with E-state index in [1.165, 1.54) is 24.3 Å². The molecule has 0 fully saturated rings. The van der Waals surface area contributed by atoms with Gasteiger partial charge in [-0.3, -0.25) is 25.2 Å². The highest BCUT2D eigenvalue weighted by Gasteiger charge is 2.17. The van der Waals surface area contributed by atoms with Gasteiger partial charge in [0.1, 0.15) is 0 Å². The largest absolute Gasteiger partial charge is 0.280 e. The molecule has 3 aromatic carbocycles. The third kappa shape index (κ3) is 5.03. The van der Waals surface area contributed by atoms with Gasteiger partial charge in [0, 0.05) is 16.8 Å². The quantitative estimate of drug-likeness (QED) is 0.548. The van der Waals surface area contributed by atoms with Crippen molar-refractivity contribution in [3.63, 3.8) is 0 Å². The second-order valence-corrected chi connectivity index (χ2v) is 8.38. The van der Waals surface area contributed by atoms with Crippen molar-refractivity contribution in [3.05, 3.63) is 95.1 Å².